The molecule has 0 amide bonds. The molecule has 2 aliphatic heterocycles. The maximum Gasteiger partial charge on any atom is 0.216 e. The summed E-state index contributed by atoms with van der Waals surface area (Å²) < 4.78 is 16.0. The van der Waals surface area contributed by atoms with Crippen molar-refractivity contribution in [2.24, 2.45) is 22.7 Å². The van der Waals surface area contributed by atoms with Gasteiger partial charge in [0.25, 0.3) is 0 Å². The summed E-state index contributed by atoms with van der Waals surface area (Å²) >= 11 is 0. The van der Waals surface area contributed by atoms with Crippen LogP contribution in [0.3, 0.4) is 0 Å². The van der Waals surface area contributed by atoms with Gasteiger partial charge in [-0.05, 0) is 146 Å². The van der Waals surface area contributed by atoms with Crippen molar-refractivity contribution in [2.75, 3.05) is 6.61 Å². The Balaban J connectivity index is 1.34. The van der Waals surface area contributed by atoms with Crippen molar-refractivity contribution in [3.05, 3.63) is 117 Å². The third kappa shape index (κ3) is 6.37. The highest BCUT2D eigenvalue weighted by Crippen LogP contribution is 2.50. The Hall–Kier alpha value is -4.90. The van der Waals surface area contributed by atoms with Gasteiger partial charge in [-0.15, -0.1) is 0 Å². The smallest absolute Gasteiger partial charge is 0.216 e. The summed E-state index contributed by atoms with van der Waals surface area (Å²) in [6.45, 7) is 34.6. The standard InChI is InChI=1S/C52H61N3O2/c1-28(2)46(29(3)4)52(15)27-56-49(54-52)36-20-35(45-33(8)16-30(5)17-34(45)9)21-38(22-36)57-44-25-43-39(19-32(44)7)40-23-37(50(10,11)12)24-41-47(40)55(43)48-42(51(41,13)14)18-31(6)26-53-48/h16-26,28-29,46H,27H2,1-15H3/t52-/m0/s1. The number of aryl methyl sites for hydroxylation is 5. The van der Waals surface area contributed by atoms with Crippen LogP contribution in [0.5, 0.6) is 11.5 Å². The zero-order valence-corrected chi connectivity index (χ0v) is 36.9. The van der Waals surface area contributed by atoms with Crippen molar-refractivity contribution in [1.82, 2.24) is 9.55 Å². The Bertz CT molecular complexity index is 2620. The molecule has 0 saturated carbocycles. The molecule has 4 aromatic carbocycles. The summed E-state index contributed by atoms with van der Waals surface area (Å²) in [5.41, 5.74) is 14.9. The molecule has 57 heavy (non-hydrogen) atoms. The van der Waals surface area contributed by atoms with Gasteiger partial charge in [0.1, 0.15) is 23.9 Å². The Morgan fingerprint density at radius 3 is 2.04 bits per heavy atom. The van der Waals surface area contributed by atoms with E-state index in [1.54, 1.807) is 0 Å². The number of benzene rings is 4. The average Bonchev–Trinajstić information content (AvgIpc) is 3.64. The zero-order valence-electron chi connectivity index (χ0n) is 36.9. The predicted molar refractivity (Wildman–Crippen MR) is 239 cm³/mol. The molecule has 1 atom stereocenters. The Morgan fingerprint density at radius 2 is 1.39 bits per heavy atom. The van der Waals surface area contributed by atoms with Crippen molar-refractivity contribution in [3.8, 4) is 28.4 Å². The van der Waals surface area contributed by atoms with Crippen LogP contribution in [0.15, 0.2) is 71.9 Å². The second-order valence-corrected chi connectivity index (χ2v) is 19.8. The molecule has 0 aliphatic carbocycles. The molecular formula is C52H61N3O2. The molecule has 0 spiro atoms. The first-order chi connectivity index (χ1) is 26.7. The molecule has 0 bridgehead atoms. The van der Waals surface area contributed by atoms with E-state index >= 15 is 0 Å². The lowest BCUT2D eigenvalue weighted by Gasteiger charge is -2.36. The van der Waals surface area contributed by atoms with Gasteiger partial charge in [0.15, 0.2) is 0 Å². The third-order valence-corrected chi connectivity index (χ3v) is 12.9. The Morgan fingerprint density at radius 1 is 0.719 bits per heavy atom. The maximum atomic E-state index is 7.08. The minimum absolute atomic E-state index is 0.00937. The maximum absolute atomic E-state index is 7.08. The Kier molecular flexibility index (Phi) is 9.11. The highest BCUT2D eigenvalue weighted by atomic mass is 16.5. The van der Waals surface area contributed by atoms with Crippen LogP contribution in [0.2, 0.25) is 0 Å². The van der Waals surface area contributed by atoms with Gasteiger partial charge in [-0.2, -0.15) is 0 Å². The van der Waals surface area contributed by atoms with Gasteiger partial charge in [-0.25, -0.2) is 9.98 Å². The van der Waals surface area contributed by atoms with Gasteiger partial charge < -0.3 is 9.47 Å². The van der Waals surface area contributed by atoms with Crippen molar-refractivity contribution in [2.45, 2.75) is 120 Å². The highest BCUT2D eigenvalue weighted by molar-refractivity contribution is 6.12. The summed E-state index contributed by atoms with van der Waals surface area (Å²) in [5, 5.41) is 2.48. The van der Waals surface area contributed by atoms with E-state index in [0.717, 1.165) is 39.5 Å². The van der Waals surface area contributed by atoms with Crippen LogP contribution >= 0.6 is 0 Å². The van der Waals surface area contributed by atoms with Crippen LogP contribution in [0.4, 0.5) is 0 Å². The number of aromatic nitrogens is 2. The minimum atomic E-state index is -0.312. The van der Waals surface area contributed by atoms with E-state index in [0.29, 0.717) is 30.3 Å². The molecule has 0 unspecified atom stereocenters. The molecule has 5 heteroatoms. The fraction of sp³-hybridized carbons (Fsp3) is 0.423. The number of fused-ring (bicyclic) bond motifs is 5. The average molecular weight is 760 g/mol. The van der Waals surface area contributed by atoms with E-state index in [9.17, 15) is 0 Å². The number of ether oxygens (including phenoxy) is 2. The summed E-state index contributed by atoms with van der Waals surface area (Å²) in [6, 6.07) is 22.8. The van der Waals surface area contributed by atoms with Crippen LogP contribution in [0.25, 0.3) is 38.8 Å². The van der Waals surface area contributed by atoms with Crippen LogP contribution < -0.4 is 4.74 Å². The van der Waals surface area contributed by atoms with Gasteiger partial charge in [-0.1, -0.05) is 86.1 Å². The second kappa shape index (κ2) is 13.3. The normalized spacial score (nSPS) is 17.5. The van der Waals surface area contributed by atoms with Gasteiger partial charge >= 0.3 is 0 Å². The third-order valence-electron chi connectivity index (χ3n) is 12.9. The number of hydrogen-bond donors (Lipinski definition) is 0. The van der Waals surface area contributed by atoms with Gasteiger partial charge in [0.2, 0.25) is 5.90 Å². The van der Waals surface area contributed by atoms with Gasteiger partial charge in [0.05, 0.1) is 16.6 Å². The molecule has 0 radical (unpaired) electrons. The Labute approximate surface area is 340 Å². The molecule has 2 aromatic heterocycles. The van der Waals surface area contributed by atoms with E-state index in [1.165, 1.54) is 60.8 Å². The fourth-order valence-electron chi connectivity index (χ4n) is 10.6. The van der Waals surface area contributed by atoms with Crippen LogP contribution in [0.1, 0.15) is 119 Å². The predicted octanol–water partition coefficient (Wildman–Crippen LogP) is 13.6. The van der Waals surface area contributed by atoms with Crippen molar-refractivity contribution >= 4 is 27.7 Å². The molecule has 6 aromatic rings. The molecule has 296 valence electrons. The molecule has 5 nitrogen and oxygen atoms in total. The van der Waals surface area contributed by atoms with E-state index in [2.05, 4.69) is 169 Å². The summed E-state index contributed by atoms with van der Waals surface area (Å²) in [4.78, 5) is 10.5. The molecule has 8 rings (SSSR count). The van der Waals surface area contributed by atoms with E-state index < -0.39 is 0 Å². The summed E-state index contributed by atoms with van der Waals surface area (Å²) in [5.74, 6) is 4.60. The first-order valence-electron chi connectivity index (χ1n) is 20.9. The van der Waals surface area contributed by atoms with Gasteiger partial charge in [-0.3, -0.25) is 4.57 Å². The van der Waals surface area contributed by atoms with Crippen molar-refractivity contribution < 1.29 is 9.47 Å². The molecule has 4 heterocycles. The zero-order chi connectivity index (χ0) is 41.1. The lowest BCUT2D eigenvalue weighted by atomic mass is 9.72. The number of rotatable bonds is 7. The highest BCUT2D eigenvalue weighted by Gasteiger charge is 2.43. The SMILES string of the molecule is Cc1cc(C)c(-c2cc(Oc3cc4c(cc3C)c3cc(C(C)(C)C)cc5c3n4-c3ncc(C)cc3C5(C)C)cc(C3=N[C@](C)(C(C(C)C)C(C)C)CO3)c2)c(C)c1. The molecule has 2 aliphatic rings. The van der Waals surface area contributed by atoms with Crippen molar-refractivity contribution in [1.29, 1.82) is 0 Å². The molecule has 0 N–H and O–H groups in total. The summed E-state index contributed by atoms with van der Waals surface area (Å²) in [6.07, 6.45) is 2.00. The van der Waals surface area contributed by atoms with Gasteiger partial charge in [0, 0.05) is 39.6 Å². The number of pyridine rings is 1. The minimum Gasteiger partial charge on any atom is -0.475 e. The molecule has 0 saturated heterocycles. The number of hydrogen-bond acceptors (Lipinski definition) is 4. The second-order valence-electron chi connectivity index (χ2n) is 19.8. The van der Waals surface area contributed by atoms with Crippen molar-refractivity contribution in [3.63, 3.8) is 0 Å². The quantitative estimate of drug-likeness (QED) is 0.163. The van der Waals surface area contributed by atoms with E-state index in [-0.39, 0.29) is 16.4 Å². The number of nitrogens with zero attached hydrogens (tertiary/aromatic N) is 3. The van der Waals surface area contributed by atoms with E-state index in [1.807, 2.05) is 6.20 Å². The first kappa shape index (κ1) is 38.9. The monoisotopic (exact) mass is 759 g/mol. The topological polar surface area (TPSA) is 48.6 Å². The van der Waals surface area contributed by atoms with E-state index in [4.69, 9.17) is 19.5 Å². The molecular weight excluding hydrogens is 699 g/mol. The fourth-order valence-corrected chi connectivity index (χ4v) is 10.6. The van der Waals surface area contributed by atoms with Crippen LogP contribution in [-0.4, -0.2) is 27.6 Å². The lowest BCUT2D eigenvalue weighted by molar-refractivity contribution is 0.129. The summed E-state index contributed by atoms with van der Waals surface area (Å²) in [7, 11) is 0. The first-order valence-corrected chi connectivity index (χ1v) is 20.9. The molecule has 0 fully saturated rings. The van der Waals surface area contributed by atoms with Crippen LogP contribution in [-0.2, 0) is 15.6 Å². The largest absolute Gasteiger partial charge is 0.475 e. The number of aliphatic imine (C=N–C) groups is 1. The van der Waals surface area contributed by atoms with Crippen LogP contribution in [0, 0.1) is 52.4 Å². The lowest BCUT2D eigenvalue weighted by Crippen LogP contribution is -2.40.